The van der Waals surface area contributed by atoms with Crippen molar-refractivity contribution in [2.45, 2.75) is 24.8 Å². The van der Waals surface area contributed by atoms with Gasteiger partial charge in [0, 0.05) is 31.4 Å². The smallest absolute Gasteiger partial charge is 0.191 e. The van der Waals surface area contributed by atoms with Crippen LogP contribution < -0.4 is 10.6 Å². The van der Waals surface area contributed by atoms with E-state index in [0.717, 1.165) is 29.1 Å². The average Bonchev–Trinajstić information content (AvgIpc) is 2.58. The highest BCUT2D eigenvalue weighted by atomic mass is 127. The van der Waals surface area contributed by atoms with Gasteiger partial charge in [0.15, 0.2) is 15.8 Å². The van der Waals surface area contributed by atoms with E-state index in [-0.39, 0.29) is 24.0 Å². The molecule has 0 atom stereocenters. The Bertz CT molecular complexity index is 884. The molecule has 2 rings (SSSR count). The Hall–Kier alpha value is -1.32. The van der Waals surface area contributed by atoms with Crippen LogP contribution >= 0.6 is 35.6 Å². The van der Waals surface area contributed by atoms with Crippen molar-refractivity contribution in [2.75, 3.05) is 19.8 Å². The molecule has 0 aliphatic rings. The number of nitrogens with one attached hydrogen (secondary N) is 2. The predicted octanol–water partition coefficient (Wildman–Crippen LogP) is 3.58. The number of aliphatic imine (C=N–C) groups is 1. The molecule has 0 unspecified atom stereocenters. The normalized spacial score (nSPS) is 11.6. The van der Waals surface area contributed by atoms with Crippen molar-refractivity contribution in [3.8, 4) is 0 Å². The van der Waals surface area contributed by atoms with Crippen molar-refractivity contribution in [1.29, 1.82) is 0 Å². The van der Waals surface area contributed by atoms with Crippen LogP contribution in [0.3, 0.4) is 0 Å². The van der Waals surface area contributed by atoms with E-state index in [1.54, 1.807) is 20.0 Å². The summed E-state index contributed by atoms with van der Waals surface area (Å²) in [4.78, 5) is 4.57. The van der Waals surface area contributed by atoms with Gasteiger partial charge in [-0.3, -0.25) is 4.99 Å². The topological polar surface area (TPSA) is 70.6 Å². The Morgan fingerprint density at radius 3 is 2.26 bits per heavy atom. The van der Waals surface area contributed by atoms with Gasteiger partial charge in [0.1, 0.15) is 0 Å². The lowest BCUT2D eigenvalue weighted by atomic mass is 10.1. The zero-order chi connectivity index (χ0) is 19.2. The summed E-state index contributed by atoms with van der Waals surface area (Å²) in [5, 5.41) is 7.23. The molecule has 0 bridgehead atoms. The second-order valence-corrected chi connectivity index (χ2v) is 8.52. The molecule has 0 amide bonds. The first kappa shape index (κ1) is 23.7. The van der Waals surface area contributed by atoms with Gasteiger partial charge in [-0.15, -0.1) is 24.0 Å². The molecule has 0 saturated carbocycles. The Labute approximate surface area is 183 Å². The Balaban J connectivity index is 0.00000364. The lowest BCUT2D eigenvalue weighted by Crippen LogP contribution is -2.37. The highest BCUT2D eigenvalue weighted by Crippen LogP contribution is 2.16. The third-order valence-corrected chi connectivity index (χ3v) is 5.45. The summed E-state index contributed by atoms with van der Waals surface area (Å²) in [6.07, 6.45) is 2.08. The molecule has 0 heterocycles. The lowest BCUT2D eigenvalue weighted by Gasteiger charge is -2.13. The summed E-state index contributed by atoms with van der Waals surface area (Å²) in [5.41, 5.74) is 2.94. The van der Waals surface area contributed by atoms with E-state index >= 15 is 0 Å². The zero-order valence-corrected chi connectivity index (χ0v) is 19.5. The fourth-order valence-corrected chi connectivity index (χ4v) is 3.71. The van der Waals surface area contributed by atoms with Gasteiger partial charge in [-0.2, -0.15) is 0 Å². The first-order valence-electron chi connectivity index (χ1n) is 8.28. The van der Waals surface area contributed by atoms with Crippen LogP contribution in [0.5, 0.6) is 0 Å². The molecule has 0 radical (unpaired) electrons. The molecule has 0 aromatic heterocycles. The Morgan fingerprint density at radius 2 is 1.70 bits per heavy atom. The van der Waals surface area contributed by atoms with Gasteiger partial charge >= 0.3 is 0 Å². The molecule has 5 nitrogen and oxygen atoms in total. The van der Waals surface area contributed by atoms with Crippen LogP contribution in [0.2, 0.25) is 5.02 Å². The fraction of sp³-hybridized carbons (Fsp3) is 0.316. The van der Waals surface area contributed by atoms with Crippen molar-refractivity contribution in [1.82, 2.24) is 10.6 Å². The quantitative estimate of drug-likeness (QED) is 0.346. The van der Waals surface area contributed by atoms with E-state index in [1.165, 1.54) is 11.8 Å². The monoisotopic (exact) mass is 521 g/mol. The van der Waals surface area contributed by atoms with E-state index in [0.29, 0.717) is 17.4 Å². The number of aryl methyl sites for hydroxylation is 1. The minimum Gasteiger partial charge on any atom is -0.356 e. The molecule has 0 spiro atoms. The highest BCUT2D eigenvalue weighted by Gasteiger charge is 2.10. The maximum absolute atomic E-state index is 11.7. The zero-order valence-electron chi connectivity index (χ0n) is 15.6. The minimum absolute atomic E-state index is 0. The number of guanidine groups is 1. The fourth-order valence-electron chi connectivity index (χ4n) is 2.62. The standard InChI is InChI=1S/C19H24ClN3O2S.HI/c1-14-12-16(6-9-18(14)26(3,24)25)13-23-19(21-2)22-11-10-15-4-7-17(20)8-5-15;/h4-9,12H,10-11,13H2,1-3H3,(H2,21,22,23);1H. The molecule has 0 saturated heterocycles. The molecule has 0 aliphatic heterocycles. The number of nitrogens with zero attached hydrogens (tertiary/aromatic N) is 1. The van der Waals surface area contributed by atoms with E-state index in [4.69, 9.17) is 11.6 Å². The van der Waals surface area contributed by atoms with Crippen molar-refractivity contribution >= 4 is 51.4 Å². The minimum atomic E-state index is -3.19. The second-order valence-electron chi connectivity index (χ2n) is 6.10. The third-order valence-electron chi connectivity index (χ3n) is 3.94. The van der Waals surface area contributed by atoms with Gasteiger partial charge in [0.2, 0.25) is 0 Å². The Morgan fingerprint density at radius 1 is 1.07 bits per heavy atom. The molecule has 0 aliphatic carbocycles. The first-order valence-corrected chi connectivity index (χ1v) is 10.5. The molecule has 0 fully saturated rings. The number of halogens is 2. The average molecular weight is 522 g/mol. The molecule has 2 aromatic rings. The van der Waals surface area contributed by atoms with Gasteiger partial charge in [0.05, 0.1) is 4.90 Å². The van der Waals surface area contributed by atoms with Crippen LogP contribution in [-0.4, -0.2) is 34.2 Å². The maximum atomic E-state index is 11.7. The van der Waals surface area contributed by atoms with Crippen molar-refractivity contribution in [3.05, 3.63) is 64.2 Å². The first-order chi connectivity index (χ1) is 12.3. The highest BCUT2D eigenvalue weighted by molar-refractivity contribution is 14.0. The molecular weight excluding hydrogens is 497 g/mol. The summed E-state index contributed by atoms with van der Waals surface area (Å²) in [6, 6.07) is 13.1. The summed E-state index contributed by atoms with van der Waals surface area (Å²) in [5.74, 6) is 0.698. The number of hydrogen-bond donors (Lipinski definition) is 2. The van der Waals surface area contributed by atoms with Gasteiger partial charge in [0.25, 0.3) is 0 Å². The molecular formula is C19H25ClIN3O2S. The summed E-state index contributed by atoms with van der Waals surface area (Å²) < 4.78 is 23.4. The third kappa shape index (κ3) is 7.67. The van der Waals surface area contributed by atoms with Gasteiger partial charge in [-0.05, 0) is 48.2 Å². The van der Waals surface area contributed by atoms with Crippen molar-refractivity contribution in [2.24, 2.45) is 4.99 Å². The Kier molecular flexibility index (Phi) is 9.55. The largest absolute Gasteiger partial charge is 0.356 e. The van der Waals surface area contributed by atoms with E-state index in [9.17, 15) is 8.42 Å². The predicted molar refractivity (Wildman–Crippen MR) is 123 cm³/mol. The second kappa shape index (κ2) is 10.9. The van der Waals surface area contributed by atoms with Gasteiger partial charge < -0.3 is 10.6 Å². The molecule has 2 N–H and O–H groups in total. The molecule has 8 heteroatoms. The summed E-state index contributed by atoms with van der Waals surface area (Å²) in [7, 11) is -1.47. The van der Waals surface area contributed by atoms with Gasteiger partial charge in [-0.25, -0.2) is 8.42 Å². The van der Waals surface area contributed by atoms with E-state index < -0.39 is 9.84 Å². The van der Waals surface area contributed by atoms with Crippen LogP contribution in [0.1, 0.15) is 16.7 Å². The molecule has 148 valence electrons. The van der Waals surface area contributed by atoms with Crippen LogP contribution in [0.15, 0.2) is 52.4 Å². The number of sulfone groups is 1. The summed E-state index contributed by atoms with van der Waals surface area (Å²) >= 11 is 5.89. The van der Waals surface area contributed by atoms with Crippen molar-refractivity contribution in [3.63, 3.8) is 0 Å². The maximum Gasteiger partial charge on any atom is 0.191 e. The van der Waals surface area contributed by atoms with E-state index in [2.05, 4.69) is 15.6 Å². The van der Waals surface area contributed by atoms with Crippen LogP contribution in [0.4, 0.5) is 0 Å². The van der Waals surface area contributed by atoms with Crippen LogP contribution in [0.25, 0.3) is 0 Å². The molecule has 2 aromatic carbocycles. The van der Waals surface area contributed by atoms with Crippen LogP contribution in [0, 0.1) is 6.92 Å². The SMILES string of the molecule is CN=C(NCCc1ccc(Cl)cc1)NCc1ccc(S(C)(=O)=O)c(C)c1.I. The number of rotatable bonds is 6. The summed E-state index contributed by atoms with van der Waals surface area (Å²) in [6.45, 7) is 3.11. The number of benzene rings is 2. The van der Waals surface area contributed by atoms with Crippen molar-refractivity contribution < 1.29 is 8.42 Å². The van der Waals surface area contributed by atoms with Gasteiger partial charge in [-0.1, -0.05) is 35.9 Å². The number of hydrogen-bond acceptors (Lipinski definition) is 3. The van der Waals surface area contributed by atoms with Crippen LogP contribution in [-0.2, 0) is 22.8 Å². The van der Waals surface area contributed by atoms with E-state index in [1.807, 2.05) is 36.4 Å². The molecule has 27 heavy (non-hydrogen) atoms. The lowest BCUT2D eigenvalue weighted by molar-refractivity contribution is 0.601.